The summed E-state index contributed by atoms with van der Waals surface area (Å²) in [4.78, 5) is 75.5. The van der Waals surface area contributed by atoms with E-state index in [1.165, 1.54) is 38.0 Å². The van der Waals surface area contributed by atoms with Crippen LogP contribution in [0.3, 0.4) is 0 Å². The number of hydrogen-bond donors (Lipinski definition) is 4. The third kappa shape index (κ3) is 11.4. The monoisotopic (exact) mass is 1130 g/mol. The standard InChI is InChI=1S/C55H64FN9O8S.3H2S/c1-29(2)46(61-53(68)70-5)50(66)63-18-7-9-40(63)49-58-28-38(60-49)33-23-36(56)45-42-24-34-22-31(13-15-39(34)65(42)52(73-43(45)25-33)44-16-14-35(74-44)21-30-11-12-30)37-27-57-48(59-37)41-10-8-19-64(41)51(67)47(62-54(69)71-6)32-17-20-72-55(3,4)26-32;;;/h13-16,22-25,27-30,32,40-41,46-47,52H,7-12,17-21,26H2,1-6H3,(H,57,59)(H,58,60)(H,61,68)(H,62,69);3*1H2/t32?,40-,41-,46-,47?,52?;;;/m0.../s1. The Labute approximate surface area is 472 Å². The number of aromatic nitrogens is 5. The molecule has 0 spiro atoms. The number of hydrogen-bond acceptors (Lipinski definition) is 11. The van der Waals surface area contributed by atoms with E-state index in [0.29, 0.717) is 91.2 Å². The maximum Gasteiger partial charge on any atom is 0.407 e. The van der Waals surface area contributed by atoms with Gasteiger partial charge in [-0.25, -0.2) is 23.9 Å². The highest BCUT2D eigenvalue weighted by molar-refractivity contribution is 7.59. The number of halogens is 1. The van der Waals surface area contributed by atoms with E-state index in [1.807, 2.05) is 56.9 Å². The number of carbonyl (C=O) groups is 4. The van der Waals surface area contributed by atoms with Gasteiger partial charge in [-0.1, -0.05) is 19.9 Å². The van der Waals surface area contributed by atoms with E-state index in [4.69, 9.17) is 28.9 Å². The van der Waals surface area contributed by atoms with Gasteiger partial charge in [-0.2, -0.15) is 40.5 Å². The predicted molar refractivity (Wildman–Crippen MR) is 307 cm³/mol. The fourth-order valence-corrected chi connectivity index (χ4v) is 12.8. The molecule has 5 aliphatic rings. The molecule has 1 saturated carbocycles. The highest BCUT2D eigenvalue weighted by atomic mass is 32.1. The van der Waals surface area contributed by atoms with Crippen LogP contribution in [-0.2, 0) is 30.2 Å². The van der Waals surface area contributed by atoms with Crippen LogP contribution in [0.25, 0.3) is 44.7 Å². The number of nitrogens with zero attached hydrogens (tertiary/aromatic N) is 5. The summed E-state index contributed by atoms with van der Waals surface area (Å²) in [6.45, 7) is 9.30. The van der Waals surface area contributed by atoms with Gasteiger partial charge in [0.05, 0.1) is 77.3 Å². The van der Waals surface area contributed by atoms with Crippen molar-refractivity contribution in [2.75, 3.05) is 33.9 Å². The molecule has 6 aromatic rings. The Morgan fingerprint density at radius 2 is 1.47 bits per heavy atom. The smallest absolute Gasteiger partial charge is 0.407 e. The number of H-pyrrole nitrogens is 2. The molecule has 17 nitrogen and oxygen atoms in total. The summed E-state index contributed by atoms with van der Waals surface area (Å²) in [6.07, 6.45) is 9.27. The zero-order valence-corrected chi connectivity index (χ0v) is 48.0. The molecule has 11 rings (SSSR count). The van der Waals surface area contributed by atoms with Gasteiger partial charge in [0.25, 0.3) is 0 Å². The predicted octanol–water partition coefficient (Wildman–Crippen LogP) is 10.2. The zero-order chi connectivity index (χ0) is 51.6. The van der Waals surface area contributed by atoms with E-state index in [-0.39, 0.29) is 76.2 Å². The van der Waals surface area contributed by atoms with Gasteiger partial charge in [-0.15, -0.1) is 11.3 Å². The van der Waals surface area contributed by atoms with Crippen LogP contribution in [0.4, 0.5) is 14.0 Å². The molecule has 2 aromatic carbocycles. The van der Waals surface area contributed by atoms with E-state index < -0.39 is 41.9 Å². The highest BCUT2D eigenvalue weighted by Gasteiger charge is 2.44. The highest BCUT2D eigenvalue weighted by Crippen LogP contribution is 2.49. The number of ether oxygens (including phenoxy) is 4. The zero-order valence-electron chi connectivity index (χ0n) is 44.2. The molecule has 0 bridgehead atoms. The molecule has 3 saturated heterocycles. The Hall–Kier alpha value is -5.68. The first-order chi connectivity index (χ1) is 35.7. The Morgan fingerprint density at radius 3 is 2.10 bits per heavy atom. The van der Waals surface area contributed by atoms with Gasteiger partial charge < -0.3 is 49.3 Å². The molecule has 77 heavy (non-hydrogen) atoms. The van der Waals surface area contributed by atoms with Crippen molar-refractivity contribution < 1.29 is 42.5 Å². The second-order valence-corrected chi connectivity index (χ2v) is 22.7. The van der Waals surface area contributed by atoms with Crippen LogP contribution in [0.1, 0.15) is 119 Å². The summed E-state index contributed by atoms with van der Waals surface area (Å²) in [5.41, 5.74) is 4.26. The molecule has 0 radical (unpaired) electrons. The number of imidazole rings is 2. The Balaban J connectivity index is 0.00000261. The minimum atomic E-state index is -0.773. The fraction of sp³-hybridized carbons (Fsp3) is 0.491. The largest absolute Gasteiger partial charge is 0.464 e. The Kier molecular flexibility index (Phi) is 17.4. The van der Waals surface area contributed by atoms with Gasteiger partial charge in [0.15, 0.2) is 0 Å². The second-order valence-electron chi connectivity index (χ2n) is 21.5. The SMILES string of the molecule is COC(=O)NC(C(=O)N1CCC[C@H]1c1ncc(-c2ccc3c(c2)cc2n3C(c3ccc(CC4CC4)s3)Oc3cc(-c4cnc([C@@H]5CCCN5C(=O)[C@@H](NC(=O)OC)C(C)C)[nH]4)cc(F)c3-2)[nH]1)C1CCOC(C)(C)C1.S.S.S. The molecular weight excluding hydrogens is 1060 g/mol. The number of likely N-dealkylation sites (tertiary alicyclic amines) is 2. The summed E-state index contributed by atoms with van der Waals surface area (Å²) in [6, 6.07) is 13.6. The maximum absolute atomic E-state index is 17.0. The number of nitrogens with one attached hydrogen (secondary N) is 4. The molecule has 4 aromatic heterocycles. The van der Waals surface area contributed by atoms with Gasteiger partial charge in [-0.05, 0) is 132 Å². The molecule has 1 aliphatic carbocycles. The van der Waals surface area contributed by atoms with Crippen molar-refractivity contribution in [2.45, 2.75) is 121 Å². The quantitative estimate of drug-likeness (QED) is 0.0863. The molecular formula is C55H70FN9O8S4. The van der Waals surface area contributed by atoms with E-state index in [2.05, 4.69) is 43.4 Å². The van der Waals surface area contributed by atoms with Gasteiger partial charge in [-0.3, -0.25) is 14.2 Å². The van der Waals surface area contributed by atoms with Gasteiger partial charge in [0, 0.05) is 41.1 Å². The first-order valence-corrected chi connectivity index (χ1v) is 26.8. The van der Waals surface area contributed by atoms with Crippen molar-refractivity contribution in [3.63, 3.8) is 0 Å². The average Bonchev–Trinajstić information content (AvgIpc) is 4.19. The van der Waals surface area contributed by atoms with E-state index >= 15 is 4.39 Å². The van der Waals surface area contributed by atoms with Crippen molar-refractivity contribution in [3.05, 3.63) is 88.1 Å². The van der Waals surface area contributed by atoms with E-state index in [9.17, 15) is 19.2 Å². The number of carbonyl (C=O) groups excluding carboxylic acids is 4. The lowest BCUT2D eigenvalue weighted by atomic mass is 9.82. The first-order valence-electron chi connectivity index (χ1n) is 26.0. The van der Waals surface area contributed by atoms with Crippen LogP contribution in [0.2, 0.25) is 0 Å². The lowest BCUT2D eigenvalue weighted by molar-refractivity contribution is -0.139. The molecule has 8 heterocycles. The van der Waals surface area contributed by atoms with Gasteiger partial charge in [0.1, 0.15) is 35.3 Å². The lowest BCUT2D eigenvalue weighted by Gasteiger charge is -2.40. The van der Waals surface area contributed by atoms with Gasteiger partial charge >= 0.3 is 12.2 Å². The molecule has 4 aliphatic heterocycles. The van der Waals surface area contributed by atoms with Gasteiger partial charge in [0.2, 0.25) is 18.0 Å². The first kappa shape index (κ1) is 57.5. The number of benzene rings is 2. The van der Waals surface area contributed by atoms with Crippen molar-refractivity contribution in [2.24, 2.45) is 17.8 Å². The van der Waals surface area contributed by atoms with Crippen LogP contribution in [0.5, 0.6) is 5.75 Å². The fourth-order valence-electron chi connectivity index (χ4n) is 11.7. The summed E-state index contributed by atoms with van der Waals surface area (Å²) in [5.74, 6) is 1.22. The number of thiophene rings is 1. The second kappa shape index (κ2) is 23.3. The number of alkyl carbamates (subject to hydrolysis) is 2. The summed E-state index contributed by atoms with van der Waals surface area (Å²) < 4.78 is 41.8. The summed E-state index contributed by atoms with van der Waals surface area (Å²) in [5, 5.41) is 6.45. The molecule has 414 valence electrons. The molecule has 6 atom stereocenters. The number of aromatic amines is 2. The maximum atomic E-state index is 17.0. The third-order valence-corrected chi connectivity index (χ3v) is 16.7. The summed E-state index contributed by atoms with van der Waals surface area (Å²) >= 11 is 1.73. The molecule has 4 amide bonds. The topological polar surface area (TPSA) is 198 Å². The van der Waals surface area contributed by atoms with Crippen LogP contribution in [0, 0.1) is 23.6 Å². The number of methoxy groups -OCH3 is 2. The van der Waals surface area contributed by atoms with Crippen molar-refractivity contribution in [1.82, 2.24) is 44.9 Å². The molecule has 3 unspecified atom stereocenters. The Bertz CT molecular complexity index is 3130. The van der Waals surface area contributed by atoms with Crippen molar-refractivity contribution in [1.29, 1.82) is 0 Å². The van der Waals surface area contributed by atoms with Crippen LogP contribution in [-0.4, -0.2) is 110 Å². The molecule has 4 fully saturated rings. The molecule has 4 N–H and O–H groups in total. The van der Waals surface area contributed by atoms with Crippen LogP contribution >= 0.6 is 51.8 Å². The van der Waals surface area contributed by atoms with E-state index in [1.54, 1.807) is 28.6 Å². The Morgan fingerprint density at radius 1 is 0.818 bits per heavy atom. The van der Waals surface area contributed by atoms with Crippen LogP contribution in [0.15, 0.2) is 60.9 Å². The minimum absolute atomic E-state index is 0. The van der Waals surface area contributed by atoms with Crippen molar-refractivity contribution >= 4 is 86.7 Å². The van der Waals surface area contributed by atoms with E-state index in [0.717, 1.165) is 46.3 Å². The third-order valence-electron chi connectivity index (χ3n) is 15.6. The van der Waals surface area contributed by atoms with Crippen LogP contribution < -0.4 is 15.4 Å². The number of rotatable bonds is 13. The molecule has 22 heteroatoms. The minimum Gasteiger partial charge on any atom is -0.464 e. The average molecular weight is 1130 g/mol. The van der Waals surface area contributed by atoms with Crippen molar-refractivity contribution in [3.8, 4) is 39.5 Å². The lowest BCUT2D eigenvalue weighted by Crippen LogP contribution is -2.54. The normalized spacial score (nSPS) is 21.1. The number of amides is 4. The number of fused-ring (bicyclic) bond motifs is 5. The summed E-state index contributed by atoms with van der Waals surface area (Å²) in [7, 11) is 2.58.